The number of H-pyrrole nitrogens is 1. The molecule has 0 fully saturated rings. The van der Waals surface area contributed by atoms with Crippen LogP contribution in [0.3, 0.4) is 0 Å². The molecule has 5 aromatic rings. The van der Waals surface area contributed by atoms with Gasteiger partial charge in [-0.05, 0) is 54.3 Å². The number of amides is 5. The average Bonchev–Trinajstić information content (AvgIpc) is 3.58. The number of hydrogen-bond donors (Lipinski definition) is 6. The maximum Gasteiger partial charge on any atom is 0.408 e. The van der Waals surface area contributed by atoms with Crippen LogP contribution in [0.15, 0.2) is 103 Å². The van der Waals surface area contributed by atoms with E-state index in [1.165, 1.54) is 19.0 Å². The quantitative estimate of drug-likeness (QED) is 0.0852. The highest BCUT2D eigenvalue weighted by molar-refractivity contribution is 5.97. The van der Waals surface area contributed by atoms with Gasteiger partial charge in [0.05, 0.1) is 6.42 Å². The Balaban J connectivity index is 1.45. The smallest absolute Gasteiger partial charge is 0.408 e. The van der Waals surface area contributed by atoms with Crippen LogP contribution < -0.4 is 21.3 Å². The van der Waals surface area contributed by atoms with Crippen molar-refractivity contribution >= 4 is 57.4 Å². The first kappa shape index (κ1) is 42.4. The highest BCUT2D eigenvalue weighted by Gasteiger charge is 2.34. The van der Waals surface area contributed by atoms with Gasteiger partial charge in [0.15, 0.2) is 0 Å². The Labute approximate surface area is 336 Å². The molecule has 4 atom stereocenters. The van der Waals surface area contributed by atoms with Crippen molar-refractivity contribution < 1.29 is 38.6 Å². The fraction of sp³-hybridized carbons (Fsp3) is 0.318. The number of aliphatic carboxylic acids is 1. The van der Waals surface area contributed by atoms with Gasteiger partial charge in [-0.2, -0.15) is 0 Å². The van der Waals surface area contributed by atoms with Crippen LogP contribution >= 0.6 is 0 Å². The van der Waals surface area contributed by atoms with Crippen molar-refractivity contribution in [1.82, 2.24) is 31.2 Å². The first-order valence-corrected chi connectivity index (χ1v) is 19.0. The molecule has 6 N–H and O–H groups in total. The molecule has 14 nitrogen and oxygen atoms in total. The zero-order valence-corrected chi connectivity index (χ0v) is 33.2. The van der Waals surface area contributed by atoms with Crippen molar-refractivity contribution in [3.05, 3.63) is 120 Å². The molecule has 4 aromatic carbocycles. The number of aromatic nitrogens is 1. The van der Waals surface area contributed by atoms with Gasteiger partial charge in [-0.3, -0.25) is 24.0 Å². The highest BCUT2D eigenvalue weighted by atomic mass is 16.6. The van der Waals surface area contributed by atoms with Gasteiger partial charge in [0.25, 0.3) is 0 Å². The van der Waals surface area contributed by atoms with E-state index in [-0.39, 0.29) is 19.3 Å². The molecule has 0 aliphatic carbocycles. The van der Waals surface area contributed by atoms with E-state index in [1.807, 2.05) is 66.7 Å². The summed E-state index contributed by atoms with van der Waals surface area (Å²) in [6.45, 7) is 5.07. The summed E-state index contributed by atoms with van der Waals surface area (Å²) in [6.07, 6.45) is 0.144. The molecule has 0 aliphatic rings. The van der Waals surface area contributed by atoms with Gasteiger partial charge in [-0.15, -0.1) is 0 Å². The summed E-state index contributed by atoms with van der Waals surface area (Å²) in [7, 11) is 3.07. The number of nitrogens with one attached hydrogen (secondary N) is 5. The van der Waals surface area contributed by atoms with Crippen LogP contribution in [0, 0.1) is 0 Å². The van der Waals surface area contributed by atoms with Crippen molar-refractivity contribution in [2.75, 3.05) is 14.1 Å². The molecule has 1 heterocycles. The minimum atomic E-state index is -1.63. The lowest BCUT2D eigenvalue weighted by Gasteiger charge is -2.27. The Bertz CT molecular complexity index is 2260. The van der Waals surface area contributed by atoms with Gasteiger partial charge >= 0.3 is 12.1 Å². The van der Waals surface area contributed by atoms with Gasteiger partial charge < -0.3 is 41.0 Å². The lowest BCUT2D eigenvalue weighted by molar-refractivity contribution is -0.141. The van der Waals surface area contributed by atoms with Gasteiger partial charge in [-0.1, -0.05) is 91.0 Å². The predicted molar refractivity (Wildman–Crippen MR) is 220 cm³/mol. The number of likely N-dealkylation sites (N-methyl/N-ethyl adjacent to an activating group) is 1. The number of rotatable bonds is 16. The number of carboxylic acid groups (broad SMARTS) is 1. The number of hydrogen-bond acceptors (Lipinski definition) is 7. The minimum Gasteiger partial charge on any atom is -0.481 e. The third-order valence-electron chi connectivity index (χ3n) is 9.34. The summed E-state index contributed by atoms with van der Waals surface area (Å²) in [5.74, 6) is -4.29. The Morgan fingerprint density at radius 3 is 1.90 bits per heavy atom. The predicted octanol–water partition coefficient (Wildman–Crippen LogP) is 4.26. The molecule has 304 valence electrons. The molecule has 0 radical (unpaired) electrons. The molecule has 0 aliphatic heterocycles. The summed E-state index contributed by atoms with van der Waals surface area (Å²) in [4.78, 5) is 85.2. The Hall–Kier alpha value is -6.70. The van der Waals surface area contributed by atoms with Crippen molar-refractivity contribution in [2.24, 2.45) is 0 Å². The fourth-order valence-corrected chi connectivity index (χ4v) is 6.55. The molecule has 1 aromatic heterocycles. The molecule has 0 spiro atoms. The molecular formula is C44H50N6O8. The summed E-state index contributed by atoms with van der Waals surface area (Å²) in [5, 5.41) is 23.1. The molecular weight excluding hydrogens is 741 g/mol. The maximum atomic E-state index is 14.3. The molecule has 0 bridgehead atoms. The number of carboxylic acids is 1. The number of carbonyl (C=O) groups is 6. The second kappa shape index (κ2) is 19.0. The first-order chi connectivity index (χ1) is 27.6. The number of fused-ring (bicyclic) bond motifs is 2. The van der Waals surface area contributed by atoms with Gasteiger partial charge in [-0.25, -0.2) is 4.79 Å². The van der Waals surface area contributed by atoms with E-state index < -0.39 is 71.9 Å². The van der Waals surface area contributed by atoms with Crippen molar-refractivity contribution in [2.45, 2.75) is 76.2 Å². The van der Waals surface area contributed by atoms with Crippen LogP contribution in [-0.2, 0) is 48.0 Å². The summed E-state index contributed by atoms with van der Waals surface area (Å²) in [5.41, 5.74) is 2.08. The first-order valence-electron chi connectivity index (χ1n) is 19.0. The zero-order chi connectivity index (χ0) is 42.0. The molecule has 1 unspecified atom stereocenters. The summed E-state index contributed by atoms with van der Waals surface area (Å²) < 4.78 is 5.49. The number of alkyl carbamates (subject to hydrolysis) is 1. The average molecular weight is 791 g/mol. The van der Waals surface area contributed by atoms with Crippen LogP contribution in [-0.4, -0.2) is 94.5 Å². The van der Waals surface area contributed by atoms with E-state index in [0.29, 0.717) is 5.56 Å². The van der Waals surface area contributed by atoms with E-state index in [1.54, 1.807) is 57.3 Å². The molecule has 58 heavy (non-hydrogen) atoms. The van der Waals surface area contributed by atoms with Crippen LogP contribution in [0.1, 0.15) is 43.9 Å². The lowest BCUT2D eigenvalue weighted by atomic mass is 9.99. The molecule has 14 heteroatoms. The Morgan fingerprint density at radius 2 is 1.22 bits per heavy atom. The molecule has 0 saturated carbocycles. The van der Waals surface area contributed by atoms with E-state index in [4.69, 9.17) is 4.74 Å². The zero-order valence-electron chi connectivity index (χ0n) is 33.2. The fourth-order valence-electron chi connectivity index (χ4n) is 6.55. The highest BCUT2D eigenvalue weighted by Crippen LogP contribution is 2.21. The maximum absolute atomic E-state index is 14.3. The van der Waals surface area contributed by atoms with E-state index in [9.17, 15) is 33.9 Å². The second-order valence-electron chi connectivity index (χ2n) is 15.4. The third-order valence-corrected chi connectivity index (χ3v) is 9.34. The SMILES string of the molecule is CN(C)C(=O)C(Cc1ccccc1)NC(=O)[C@@H](CC(=O)O)NC(=O)[C@@H](Cc1ccc2ccccc2c1)NC(=O)[C@H](Cc1c[nH]c2ccccc12)NC(=O)OC(C)(C)C. The van der Waals surface area contributed by atoms with Crippen molar-refractivity contribution in [1.29, 1.82) is 0 Å². The van der Waals surface area contributed by atoms with Crippen LogP contribution in [0.4, 0.5) is 4.79 Å². The number of para-hydroxylation sites is 1. The number of ether oxygens (including phenoxy) is 1. The lowest BCUT2D eigenvalue weighted by Crippen LogP contribution is -2.59. The number of aromatic amines is 1. The van der Waals surface area contributed by atoms with Gasteiger partial charge in [0, 0.05) is 50.5 Å². The van der Waals surface area contributed by atoms with E-state index in [2.05, 4.69) is 26.3 Å². The Morgan fingerprint density at radius 1 is 0.655 bits per heavy atom. The molecule has 5 amide bonds. The second-order valence-corrected chi connectivity index (χ2v) is 15.4. The number of benzene rings is 4. The molecule has 5 rings (SSSR count). The largest absolute Gasteiger partial charge is 0.481 e. The van der Waals surface area contributed by atoms with Crippen molar-refractivity contribution in [3.8, 4) is 0 Å². The number of nitrogens with zero attached hydrogens (tertiary/aromatic N) is 1. The third kappa shape index (κ3) is 11.9. The van der Waals surface area contributed by atoms with Crippen LogP contribution in [0.2, 0.25) is 0 Å². The number of carbonyl (C=O) groups excluding carboxylic acids is 5. The monoisotopic (exact) mass is 790 g/mol. The van der Waals surface area contributed by atoms with E-state index in [0.717, 1.165) is 32.8 Å². The van der Waals surface area contributed by atoms with Crippen molar-refractivity contribution in [3.63, 3.8) is 0 Å². The Kier molecular flexibility index (Phi) is 13.9. The topological polar surface area (TPSA) is 199 Å². The standard InChI is InChI=1S/C44H50N6O8/c1-44(2,3)58-43(57)49-35(24-31-26-45-33-18-12-11-17-32(31)33)40(54)46-34(23-28-19-20-29-15-9-10-16-30(29)21-28)39(53)47-36(25-38(51)52)41(55)48-37(42(56)50(4)5)22-27-13-7-6-8-14-27/h6-21,26,34-37,45H,22-25H2,1-5H3,(H,46,54)(H,47,53)(H,48,55)(H,49,57)(H,51,52)/t34-,35+,36-,37?/m1/s1. The van der Waals surface area contributed by atoms with Gasteiger partial charge in [0.1, 0.15) is 29.8 Å². The summed E-state index contributed by atoms with van der Waals surface area (Å²) >= 11 is 0. The van der Waals surface area contributed by atoms with Crippen LogP contribution in [0.5, 0.6) is 0 Å². The summed E-state index contributed by atoms with van der Waals surface area (Å²) in [6, 6.07) is 24.3. The normalized spacial score (nSPS) is 13.4. The van der Waals surface area contributed by atoms with Crippen LogP contribution in [0.25, 0.3) is 21.7 Å². The molecule has 0 saturated heterocycles. The van der Waals surface area contributed by atoms with E-state index >= 15 is 0 Å². The minimum absolute atomic E-state index is 0.0200. The van der Waals surface area contributed by atoms with Gasteiger partial charge in [0.2, 0.25) is 23.6 Å².